The third-order valence-electron chi connectivity index (χ3n) is 4.75. The van der Waals surface area contributed by atoms with Crippen LogP contribution in [0.15, 0.2) is 103 Å². The first kappa shape index (κ1) is 21.3. The van der Waals surface area contributed by atoms with Crippen LogP contribution in [0.1, 0.15) is 16.7 Å². The predicted octanol–water partition coefficient (Wildman–Crippen LogP) is 8.19. The quantitative estimate of drug-likeness (QED) is 0.261. The molecule has 2 heteroatoms. The zero-order valence-electron chi connectivity index (χ0n) is 16.8. The molecule has 4 aromatic rings. The Hall–Kier alpha value is -2.43. The van der Waals surface area contributed by atoms with Crippen LogP contribution in [-0.4, -0.2) is 0 Å². The first-order valence-corrected chi connectivity index (χ1v) is 10.6. The second kappa shape index (κ2) is 10.9. The molecule has 0 bridgehead atoms. The summed E-state index contributed by atoms with van der Waals surface area (Å²) in [5, 5.41) is 0. The number of hydrogen-bond donors (Lipinski definition) is 0. The minimum absolute atomic E-state index is 0.643. The van der Waals surface area contributed by atoms with Gasteiger partial charge in [-0.25, -0.2) is 0 Å². The SMILES string of the molecule is Cc1ccc(-c2ccccc2)cc1.Cc1ccc(-c2ccccc2COI)cc1. The Morgan fingerprint density at radius 2 is 1.03 bits per heavy atom. The normalized spacial score (nSPS) is 10.2. The van der Waals surface area contributed by atoms with E-state index in [1.165, 1.54) is 38.9 Å². The van der Waals surface area contributed by atoms with E-state index in [1.54, 1.807) is 0 Å². The molecule has 4 rings (SSSR count). The fraction of sp³-hybridized carbons (Fsp3) is 0.111. The van der Waals surface area contributed by atoms with Crippen molar-refractivity contribution in [3.05, 3.63) is 120 Å². The first-order valence-electron chi connectivity index (χ1n) is 9.68. The van der Waals surface area contributed by atoms with Crippen LogP contribution < -0.4 is 0 Å². The molecule has 1 nitrogen and oxygen atoms in total. The molecule has 0 amide bonds. The van der Waals surface area contributed by atoms with Crippen molar-refractivity contribution < 1.29 is 3.07 Å². The van der Waals surface area contributed by atoms with Gasteiger partial charge in [0.15, 0.2) is 0 Å². The summed E-state index contributed by atoms with van der Waals surface area (Å²) in [6.45, 7) is 4.85. The molecule has 0 aliphatic heterocycles. The molecule has 0 atom stereocenters. The highest BCUT2D eigenvalue weighted by Crippen LogP contribution is 2.25. The van der Waals surface area contributed by atoms with Gasteiger partial charge in [0, 0.05) is 0 Å². The van der Waals surface area contributed by atoms with Crippen LogP contribution in [0.5, 0.6) is 0 Å². The van der Waals surface area contributed by atoms with Crippen LogP contribution in [-0.2, 0) is 9.67 Å². The zero-order chi connectivity index (χ0) is 20.5. The lowest BCUT2D eigenvalue weighted by molar-refractivity contribution is 0.419. The van der Waals surface area contributed by atoms with Gasteiger partial charge in [-0.1, -0.05) is 114 Å². The van der Waals surface area contributed by atoms with Gasteiger partial charge in [0.1, 0.15) is 23.0 Å². The Morgan fingerprint density at radius 1 is 0.552 bits per heavy atom. The molecule has 4 aromatic carbocycles. The van der Waals surface area contributed by atoms with E-state index < -0.39 is 0 Å². The lowest BCUT2D eigenvalue weighted by Crippen LogP contribution is -1.89. The molecule has 146 valence electrons. The van der Waals surface area contributed by atoms with Gasteiger partial charge in [-0.3, -0.25) is 0 Å². The molecule has 0 aliphatic rings. The number of rotatable bonds is 4. The Balaban J connectivity index is 0.000000169. The lowest BCUT2D eigenvalue weighted by Gasteiger charge is -2.08. The fourth-order valence-electron chi connectivity index (χ4n) is 3.10. The van der Waals surface area contributed by atoms with Gasteiger partial charge >= 0.3 is 0 Å². The lowest BCUT2D eigenvalue weighted by atomic mass is 9.99. The summed E-state index contributed by atoms with van der Waals surface area (Å²) in [5.74, 6) is 0. The van der Waals surface area contributed by atoms with Crippen LogP contribution >= 0.6 is 23.0 Å². The van der Waals surface area contributed by atoms with Crippen molar-refractivity contribution in [2.45, 2.75) is 20.5 Å². The third-order valence-corrected chi connectivity index (χ3v) is 5.06. The van der Waals surface area contributed by atoms with Crippen LogP contribution in [0, 0.1) is 13.8 Å². The monoisotopic (exact) mass is 492 g/mol. The van der Waals surface area contributed by atoms with Crippen LogP contribution in [0.25, 0.3) is 22.3 Å². The standard InChI is InChI=1S/C14H13IO.C13H12/c1-11-6-8-12(9-7-11)14-5-3-2-4-13(14)10-16-15;1-11-7-9-13(10-8-11)12-5-3-2-4-6-12/h2-9H,10H2,1H3;2-10H,1H3. The Labute approximate surface area is 188 Å². The highest BCUT2D eigenvalue weighted by atomic mass is 127. The average Bonchev–Trinajstić information content (AvgIpc) is 2.77. The summed E-state index contributed by atoms with van der Waals surface area (Å²) in [7, 11) is 0. The predicted molar refractivity (Wildman–Crippen MR) is 132 cm³/mol. The number of aryl methyl sites for hydroxylation is 2. The Morgan fingerprint density at radius 3 is 1.62 bits per heavy atom. The van der Waals surface area contributed by atoms with E-state index in [1.807, 2.05) is 35.1 Å². The van der Waals surface area contributed by atoms with Gasteiger partial charge in [0.05, 0.1) is 6.61 Å². The fourth-order valence-corrected chi connectivity index (χ4v) is 3.43. The smallest absolute Gasteiger partial charge is 0.110 e. The Bertz CT molecular complexity index is 1010. The van der Waals surface area contributed by atoms with Crippen molar-refractivity contribution in [3.8, 4) is 22.3 Å². The summed E-state index contributed by atoms with van der Waals surface area (Å²) in [6.07, 6.45) is 0. The molecule has 0 spiro atoms. The van der Waals surface area contributed by atoms with E-state index in [2.05, 4.69) is 105 Å². The second-order valence-electron chi connectivity index (χ2n) is 7.01. The van der Waals surface area contributed by atoms with E-state index in [0.717, 1.165) is 0 Å². The third kappa shape index (κ3) is 6.28. The molecule has 29 heavy (non-hydrogen) atoms. The second-order valence-corrected chi connectivity index (χ2v) is 7.63. The summed E-state index contributed by atoms with van der Waals surface area (Å²) >= 11 is 1.93. The zero-order valence-corrected chi connectivity index (χ0v) is 19.0. The molecule has 0 aromatic heterocycles. The maximum absolute atomic E-state index is 5.18. The van der Waals surface area contributed by atoms with Crippen molar-refractivity contribution >= 4 is 23.0 Å². The van der Waals surface area contributed by atoms with Gasteiger partial charge in [-0.05, 0) is 41.7 Å². The van der Waals surface area contributed by atoms with E-state index >= 15 is 0 Å². The highest BCUT2D eigenvalue weighted by Gasteiger charge is 2.03. The minimum atomic E-state index is 0.643. The van der Waals surface area contributed by atoms with Crippen molar-refractivity contribution in [2.75, 3.05) is 0 Å². The minimum Gasteiger partial charge on any atom is -0.311 e. The summed E-state index contributed by atoms with van der Waals surface area (Å²) in [4.78, 5) is 0. The van der Waals surface area contributed by atoms with Crippen molar-refractivity contribution in [1.82, 2.24) is 0 Å². The van der Waals surface area contributed by atoms with E-state index in [-0.39, 0.29) is 0 Å². The van der Waals surface area contributed by atoms with E-state index in [9.17, 15) is 0 Å². The maximum atomic E-state index is 5.18. The van der Waals surface area contributed by atoms with E-state index in [4.69, 9.17) is 3.07 Å². The van der Waals surface area contributed by atoms with Crippen LogP contribution in [0.3, 0.4) is 0 Å². The molecule has 0 heterocycles. The van der Waals surface area contributed by atoms with E-state index in [0.29, 0.717) is 6.61 Å². The maximum Gasteiger partial charge on any atom is 0.110 e. The van der Waals surface area contributed by atoms with Gasteiger partial charge in [0.25, 0.3) is 0 Å². The largest absolute Gasteiger partial charge is 0.311 e. The summed E-state index contributed by atoms with van der Waals surface area (Å²) in [6, 6.07) is 36.0. The van der Waals surface area contributed by atoms with Gasteiger partial charge in [-0.2, -0.15) is 0 Å². The first-order chi connectivity index (χ1) is 14.2. The highest BCUT2D eigenvalue weighted by molar-refractivity contribution is 14.1. The van der Waals surface area contributed by atoms with Crippen LogP contribution in [0.4, 0.5) is 0 Å². The van der Waals surface area contributed by atoms with Crippen molar-refractivity contribution in [2.24, 2.45) is 0 Å². The number of halogens is 1. The molecule has 0 unspecified atom stereocenters. The topological polar surface area (TPSA) is 9.23 Å². The molecule has 0 fully saturated rings. The molecule has 0 radical (unpaired) electrons. The molecule has 0 saturated carbocycles. The van der Waals surface area contributed by atoms with Gasteiger partial charge in [-0.15, -0.1) is 0 Å². The summed E-state index contributed by atoms with van der Waals surface area (Å²) in [5.41, 5.74) is 8.87. The van der Waals surface area contributed by atoms with Crippen molar-refractivity contribution in [3.63, 3.8) is 0 Å². The Kier molecular flexibility index (Phi) is 8.03. The number of benzene rings is 4. The molecular weight excluding hydrogens is 467 g/mol. The molecule has 0 aliphatic carbocycles. The number of hydrogen-bond acceptors (Lipinski definition) is 1. The average molecular weight is 492 g/mol. The summed E-state index contributed by atoms with van der Waals surface area (Å²) < 4.78 is 5.18. The van der Waals surface area contributed by atoms with Gasteiger partial charge < -0.3 is 3.07 Å². The van der Waals surface area contributed by atoms with Gasteiger partial charge in [0.2, 0.25) is 0 Å². The van der Waals surface area contributed by atoms with Crippen molar-refractivity contribution in [1.29, 1.82) is 0 Å². The molecule has 0 N–H and O–H groups in total. The van der Waals surface area contributed by atoms with Crippen LogP contribution in [0.2, 0.25) is 0 Å². The molecule has 0 saturated heterocycles. The molecular formula is C27H25IO.